The van der Waals surface area contributed by atoms with E-state index in [1.807, 2.05) is 0 Å². The number of carboxylic acid groups (broad SMARTS) is 1. The summed E-state index contributed by atoms with van der Waals surface area (Å²) in [6, 6.07) is -0.236. The van der Waals surface area contributed by atoms with Crippen LogP contribution in [0.2, 0.25) is 0 Å². The molecule has 1 saturated carbocycles. The van der Waals surface area contributed by atoms with Gasteiger partial charge in [0.2, 0.25) is 0 Å². The van der Waals surface area contributed by atoms with E-state index in [0.717, 1.165) is 17.1 Å². The Bertz CT molecular complexity index is 349. The molecule has 0 aromatic carbocycles. The van der Waals surface area contributed by atoms with Crippen molar-refractivity contribution in [1.29, 1.82) is 0 Å². The van der Waals surface area contributed by atoms with E-state index in [0.29, 0.717) is 12.5 Å². The average Bonchev–Trinajstić information content (AvgIpc) is 2.83. The molecule has 0 spiro atoms. The summed E-state index contributed by atoms with van der Waals surface area (Å²) >= 11 is 0. The van der Waals surface area contributed by atoms with Gasteiger partial charge in [0.05, 0.1) is 0 Å². The first-order valence-electron chi connectivity index (χ1n) is 5.30. The summed E-state index contributed by atoms with van der Waals surface area (Å²) in [6.45, 7) is 3.23. The van der Waals surface area contributed by atoms with Crippen LogP contribution < -0.4 is 4.72 Å². The van der Waals surface area contributed by atoms with Crippen LogP contribution in [0.3, 0.4) is 0 Å². The molecular weight excluding hydrogens is 232 g/mol. The van der Waals surface area contributed by atoms with Crippen molar-refractivity contribution in [1.82, 2.24) is 9.03 Å². The highest BCUT2D eigenvalue weighted by molar-refractivity contribution is 7.87. The Morgan fingerprint density at radius 2 is 2.06 bits per heavy atom. The topological polar surface area (TPSA) is 86.7 Å². The Balaban J connectivity index is 2.68. The Hall–Kier alpha value is -0.660. The van der Waals surface area contributed by atoms with E-state index in [1.54, 1.807) is 13.8 Å². The number of rotatable bonds is 7. The Morgan fingerprint density at radius 1 is 1.50 bits per heavy atom. The quantitative estimate of drug-likeness (QED) is 0.667. The fourth-order valence-corrected chi connectivity index (χ4v) is 2.79. The van der Waals surface area contributed by atoms with E-state index >= 15 is 0 Å². The Kier molecular flexibility index (Phi) is 4.28. The number of carboxylic acids is 1. The van der Waals surface area contributed by atoms with Gasteiger partial charge in [-0.15, -0.1) is 0 Å². The van der Waals surface area contributed by atoms with Crippen LogP contribution in [0.1, 0.15) is 26.7 Å². The molecule has 0 unspecified atom stereocenters. The zero-order chi connectivity index (χ0) is 12.3. The first kappa shape index (κ1) is 13.4. The first-order chi connectivity index (χ1) is 7.31. The van der Waals surface area contributed by atoms with E-state index in [2.05, 4.69) is 4.72 Å². The second-order valence-corrected chi connectivity index (χ2v) is 6.11. The molecule has 1 rings (SSSR count). The largest absolute Gasteiger partial charge is 0.480 e. The van der Waals surface area contributed by atoms with Gasteiger partial charge in [-0.05, 0) is 32.6 Å². The molecule has 2 N–H and O–H groups in total. The zero-order valence-electron chi connectivity index (χ0n) is 9.51. The molecule has 0 atom stereocenters. The standard InChI is InChI=1S/C9H18N2O4S/c1-7(2)10-16(14,15)11(6-9(12)13)5-8-3-4-8/h7-8,10H,3-6H2,1-2H3,(H,12,13). The van der Waals surface area contributed by atoms with Gasteiger partial charge < -0.3 is 5.11 Å². The molecule has 0 aromatic rings. The van der Waals surface area contributed by atoms with Gasteiger partial charge >= 0.3 is 5.97 Å². The van der Waals surface area contributed by atoms with Crippen molar-refractivity contribution in [3.8, 4) is 0 Å². The normalized spacial score (nSPS) is 17.0. The van der Waals surface area contributed by atoms with Gasteiger partial charge in [-0.3, -0.25) is 4.79 Å². The highest BCUT2D eigenvalue weighted by Gasteiger charge is 2.32. The minimum Gasteiger partial charge on any atom is -0.480 e. The third kappa shape index (κ3) is 4.46. The van der Waals surface area contributed by atoms with E-state index in [9.17, 15) is 13.2 Å². The van der Waals surface area contributed by atoms with E-state index in [-0.39, 0.29) is 6.04 Å². The second-order valence-electron chi connectivity index (χ2n) is 4.41. The summed E-state index contributed by atoms with van der Waals surface area (Å²) in [4.78, 5) is 10.6. The Morgan fingerprint density at radius 3 is 2.44 bits per heavy atom. The monoisotopic (exact) mass is 250 g/mol. The number of hydrogen-bond acceptors (Lipinski definition) is 3. The predicted molar refractivity (Wildman–Crippen MR) is 59.1 cm³/mol. The van der Waals surface area contributed by atoms with Crippen LogP contribution in [0.15, 0.2) is 0 Å². The van der Waals surface area contributed by atoms with Gasteiger partial charge in [0.15, 0.2) is 0 Å². The maximum atomic E-state index is 11.8. The van der Waals surface area contributed by atoms with Crippen LogP contribution in [-0.2, 0) is 15.0 Å². The summed E-state index contributed by atoms with van der Waals surface area (Å²) in [5, 5.41) is 8.68. The Labute approximate surface area is 95.8 Å². The third-order valence-corrected chi connectivity index (χ3v) is 3.92. The van der Waals surface area contributed by atoms with Crippen molar-refractivity contribution in [2.24, 2.45) is 5.92 Å². The molecule has 94 valence electrons. The minimum atomic E-state index is -3.67. The fourth-order valence-electron chi connectivity index (χ4n) is 1.36. The van der Waals surface area contributed by atoms with Crippen molar-refractivity contribution in [2.75, 3.05) is 13.1 Å². The molecule has 7 heteroatoms. The molecule has 1 aliphatic rings. The molecule has 1 fully saturated rings. The lowest BCUT2D eigenvalue weighted by atomic mass is 10.4. The number of nitrogens with zero attached hydrogens (tertiary/aromatic N) is 1. The van der Waals surface area contributed by atoms with Crippen LogP contribution in [0.25, 0.3) is 0 Å². The van der Waals surface area contributed by atoms with E-state index in [4.69, 9.17) is 5.11 Å². The first-order valence-corrected chi connectivity index (χ1v) is 6.74. The van der Waals surface area contributed by atoms with Gasteiger partial charge in [-0.2, -0.15) is 17.4 Å². The van der Waals surface area contributed by atoms with Gasteiger partial charge in [-0.25, -0.2) is 0 Å². The van der Waals surface area contributed by atoms with E-state index in [1.165, 1.54) is 0 Å². The molecule has 0 bridgehead atoms. The van der Waals surface area contributed by atoms with Crippen LogP contribution in [0.5, 0.6) is 0 Å². The summed E-state index contributed by atoms with van der Waals surface area (Å²) in [6.07, 6.45) is 1.96. The van der Waals surface area contributed by atoms with Crippen LogP contribution in [-0.4, -0.2) is 42.9 Å². The summed E-state index contributed by atoms with van der Waals surface area (Å²) in [7, 11) is -3.67. The molecular formula is C9H18N2O4S. The fraction of sp³-hybridized carbons (Fsp3) is 0.889. The minimum absolute atomic E-state index is 0.236. The van der Waals surface area contributed by atoms with Crippen LogP contribution in [0, 0.1) is 5.92 Å². The van der Waals surface area contributed by atoms with Gasteiger partial charge in [0.25, 0.3) is 10.2 Å². The van der Waals surface area contributed by atoms with Crippen LogP contribution >= 0.6 is 0 Å². The molecule has 1 aliphatic carbocycles. The van der Waals surface area contributed by atoms with Gasteiger partial charge in [0.1, 0.15) is 6.54 Å². The molecule has 0 aliphatic heterocycles. The maximum Gasteiger partial charge on any atom is 0.318 e. The lowest BCUT2D eigenvalue weighted by Gasteiger charge is -2.21. The smallest absolute Gasteiger partial charge is 0.318 e. The number of aliphatic carboxylic acids is 1. The van der Waals surface area contributed by atoms with Crippen molar-refractivity contribution in [3.05, 3.63) is 0 Å². The van der Waals surface area contributed by atoms with Crippen molar-refractivity contribution in [2.45, 2.75) is 32.7 Å². The van der Waals surface area contributed by atoms with Gasteiger partial charge in [-0.1, -0.05) is 0 Å². The molecule has 0 heterocycles. The molecule has 0 aromatic heterocycles. The summed E-state index contributed by atoms with van der Waals surface area (Å²) in [5.74, 6) is -0.808. The van der Waals surface area contributed by atoms with Gasteiger partial charge in [0, 0.05) is 12.6 Å². The summed E-state index contributed by atoms with van der Waals surface area (Å²) in [5.41, 5.74) is 0. The number of carbonyl (C=O) groups is 1. The molecule has 0 radical (unpaired) electrons. The molecule has 0 saturated heterocycles. The second kappa shape index (κ2) is 5.11. The van der Waals surface area contributed by atoms with E-state index < -0.39 is 22.7 Å². The molecule has 0 amide bonds. The SMILES string of the molecule is CC(C)NS(=O)(=O)N(CC(=O)O)CC1CC1. The molecule has 16 heavy (non-hydrogen) atoms. The van der Waals surface area contributed by atoms with Crippen molar-refractivity contribution in [3.63, 3.8) is 0 Å². The molecule has 6 nitrogen and oxygen atoms in total. The third-order valence-electron chi connectivity index (χ3n) is 2.19. The summed E-state index contributed by atoms with van der Waals surface area (Å²) < 4.78 is 27.0. The van der Waals surface area contributed by atoms with Crippen LogP contribution in [0.4, 0.5) is 0 Å². The number of nitrogens with one attached hydrogen (secondary N) is 1. The maximum absolute atomic E-state index is 11.8. The zero-order valence-corrected chi connectivity index (χ0v) is 10.3. The lowest BCUT2D eigenvalue weighted by molar-refractivity contribution is -0.137. The highest BCUT2D eigenvalue weighted by atomic mass is 32.2. The number of hydrogen-bond donors (Lipinski definition) is 2. The predicted octanol–water partition coefficient (Wildman–Crippen LogP) is 0.0258. The lowest BCUT2D eigenvalue weighted by Crippen LogP contribution is -2.46. The highest BCUT2D eigenvalue weighted by Crippen LogP contribution is 2.30. The average molecular weight is 250 g/mol. The van der Waals surface area contributed by atoms with Crippen molar-refractivity contribution >= 4 is 16.2 Å². The van der Waals surface area contributed by atoms with Crippen molar-refractivity contribution < 1.29 is 18.3 Å².